The van der Waals surface area contributed by atoms with E-state index < -0.39 is 35.0 Å². The predicted molar refractivity (Wildman–Crippen MR) is 124 cm³/mol. The molecule has 3 amide bonds. The molecule has 5 nitrogen and oxygen atoms in total. The molecule has 2 bridgehead atoms. The number of nitrogens with one attached hydrogen (secondary N) is 1. The Morgan fingerprint density at radius 1 is 0.909 bits per heavy atom. The molecule has 0 saturated carbocycles. The van der Waals surface area contributed by atoms with Crippen LogP contribution in [-0.4, -0.2) is 22.7 Å². The molecule has 164 valence electrons. The summed E-state index contributed by atoms with van der Waals surface area (Å²) in [6, 6.07) is 20.5. The molecule has 3 aliphatic carbocycles. The Morgan fingerprint density at radius 2 is 1.52 bits per heavy atom. The van der Waals surface area contributed by atoms with Gasteiger partial charge in [0, 0.05) is 16.4 Å². The van der Waals surface area contributed by atoms with Gasteiger partial charge in [0.2, 0.25) is 0 Å². The Labute approximate surface area is 200 Å². The van der Waals surface area contributed by atoms with Crippen LogP contribution in [0, 0.1) is 11.8 Å². The van der Waals surface area contributed by atoms with E-state index in [0.717, 1.165) is 27.3 Å². The molecule has 7 heteroatoms. The molecular formula is C26H18Cl2N2O3. The third-order valence-corrected chi connectivity index (χ3v) is 7.98. The van der Waals surface area contributed by atoms with Crippen molar-refractivity contribution in [3.8, 4) is 0 Å². The lowest BCUT2D eigenvalue weighted by atomic mass is 9.48. The van der Waals surface area contributed by atoms with Crippen LogP contribution in [0.4, 0.5) is 0 Å². The lowest BCUT2D eigenvalue weighted by molar-refractivity contribution is -0.143. The minimum absolute atomic E-state index is 0.136. The second-order valence-corrected chi connectivity index (χ2v) is 9.78. The van der Waals surface area contributed by atoms with Gasteiger partial charge in [-0.1, -0.05) is 78.7 Å². The molecule has 0 radical (unpaired) electrons. The number of halogens is 2. The first-order chi connectivity index (χ1) is 15.8. The van der Waals surface area contributed by atoms with Crippen molar-refractivity contribution in [1.29, 1.82) is 0 Å². The maximum absolute atomic E-state index is 13.7. The molecule has 7 rings (SSSR count). The second-order valence-electron chi connectivity index (χ2n) is 8.93. The second kappa shape index (κ2) is 6.92. The third kappa shape index (κ3) is 2.58. The Hall–Kier alpha value is -3.15. The maximum Gasteiger partial charge on any atom is 0.271 e. The van der Waals surface area contributed by atoms with Crippen LogP contribution in [0.25, 0.3) is 0 Å². The predicted octanol–water partition coefficient (Wildman–Crippen LogP) is 4.70. The third-order valence-electron chi connectivity index (χ3n) is 7.43. The number of hydrogen-bond acceptors (Lipinski definition) is 3. The molecular weight excluding hydrogens is 459 g/mol. The summed E-state index contributed by atoms with van der Waals surface area (Å²) in [5.74, 6) is -2.89. The van der Waals surface area contributed by atoms with Crippen LogP contribution in [0.2, 0.25) is 10.0 Å². The van der Waals surface area contributed by atoms with Crippen molar-refractivity contribution in [2.24, 2.45) is 11.8 Å². The molecule has 1 aliphatic heterocycles. The Bertz CT molecular complexity index is 1340. The maximum atomic E-state index is 13.7. The van der Waals surface area contributed by atoms with E-state index >= 15 is 0 Å². The first-order valence-electron chi connectivity index (χ1n) is 10.7. The lowest BCUT2D eigenvalue weighted by Crippen LogP contribution is -2.52. The van der Waals surface area contributed by atoms with Gasteiger partial charge in [0.1, 0.15) is 0 Å². The molecule has 4 aliphatic rings. The summed E-state index contributed by atoms with van der Waals surface area (Å²) in [6.07, 6.45) is 0. The molecule has 1 saturated heterocycles. The van der Waals surface area contributed by atoms with Gasteiger partial charge in [0.15, 0.2) is 0 Å². The van der Waals surface area contributed by atoms with Crippen molar-refractivity contribution in [3.05, 3.63) is 105 Å². The molecule has 0 spiro atoms. The molecule has 1 heterocycles. The first-order valence-corrected chi connectivity index (χ1v) is 11.4. The van der Waals surface area contributed by atoms with Gasteiger partial charge in [-0.2, -0.15) is 5.01 Å². The zero-order chi connectivity index (χ0) is 23.1. The highest BCUT2D eigenvalue weighted by Gasteiger charge is 2.66. The summed E-state index contributed by atoms with van der Waals surface area (Å²) in [4.78, 5) is 40.3. The van der Waals surface area contributed by atoms with E-state index in [2.05, 4.69) is 5.43 Å². The summed E-state index contributed by atoms with van der Waals surface area (Å²) < 4.78 is 0. The standard InChI is InChI=1S/C26H18Cl2N2O3/c1-26-17-8-4-2-6-14(17)20(15-7-3-5-9-18(15)26)21-22(26)25(33)30(24(21)32)29-23(31)16-11-10-13(27)12-19(16)28/h2-12,20-22H,1H3,(H,29,31)/t20?,21-,22-,26?/m1/s1. The van der Waals surface area contributed by atoms with Crippen molar-refractivity contribution in [2.45, 2.75) is 18.3 Å². The Kier molecular flexibility index (Phi) is 4.29. The number of benzene rings is 3. The van der Waals surface area contributed by atoms with Gasteiger partial charge >= 0.3 is 0 Å². The highest BCUT2D eigenvalue weighted by molar-refractivity contribution is 6.36. The number of carbonyl (C=O) groups is 3. The van der Waals surface area contributed by atoms with Gasteiger partial charge in [0.05, 0.1) is 22.4 Å². The number of hydrazine groups is 1. The van der Waals surface area contributed by atoms with Gasteiger partial charge < -0.3 is 0 Å². The summed E-state index contributed by atoms with van der Waals surface area (Å²) in [6.45, 7) is 2.03. The molecule has 33 heavy (non-hydrogen) atoms. The van der Waals surface area contributed by atoms with Crippen LogP contribution in [0.3, 0.4) is 0 Å². The molecule has 0 aromatic heterocycles. The molecule has 3 aromatic rings. The number of carbonyl (C=O) groups excluding carboxylic acids is 3. The van der Waals surface area contributed by atoms with E-state index in [1.807, 2.05) is 55.5 Å². The Balaban J connectivity index is 1.45. The summed E-state index contributed by atoms with van der Waals surface area (Å²) >= 11 is 12.1. The van der Waals surface area contributed by atoms with Crippen molar-refractivity contribution in [3.63, 3.8) is 0 Å². The topological polar surface area (TPSA) is 66.5 Å². The van der Waals surface area contributed by atoms with E-state index in [9.17, 15) is 14.4 Å². The zero-order valence-corrected chi connectivity index (χ0v) is 19.0. The normalized spacial score (nSPS) is 26.6. The van der Waals surface area contributed by atoms with Crippen LogP contribution >= 0.6 is 23.2 Å². The lowest BCUT2D eigenvalue weighted by Gasteiger charge is -2.52. The van der Waals surface area contributed by atoms with Crippen molar-refractivity contribution in [1.82, 2.24) is 10.4 Å². The highest BCUT2D eigenvalue weighted by Crippen LogP contribution is 2.63. The SMILES string of the molecule is CC12c3ccccc3C(c3ccccc31)[C@H]1C(=O)N(NC(=O)c3ccc(Cl)cc3Cl)C(=O)[C@@H]12. The molecule has 2 atom stereocenters. The highest BCUT2D eigenvalue weighted by atomic mass is 35.5. The monoisotopic (exact) mass is 476 g/mol. The van der Waals surface area contributed by atoms with E-state index in [-0.39, 0.29) is 16.5 Å². The number of nitrogens with zero attached hydrogens (tertiary/aromatic N) is 1. The van der Waals surface area contributed by atoms with Crippen LogP contribution in [0.1, 0.15) is 45.5 Å². The van der Waals surface area contributed by atoms with Crippen LogP contribution < -0.4 is 5.43 Å². The van der Waals surface area contributed by atoms with Crippen molar-refractivity contribution in [2.75, 3.05) is 0 Å². The number of imide groups is 1. The van der Waals surface area contributed by atoms with E-state index in [0.29, 0.717) is 5.02 Å². The summed E-state index contributed by atoms with van der Waals surface area (Å²) in [7, 11) is 0. The van der Waals surface area contributed by atoms with Gasteiger partial charge in [-0.05, 0) is 40.5 Å². The van der Waals surface area contributed by atoms with Gasteiger partial charge in [-0.3, -0.25) is 19.8 Å². The van der Waals surface area contributed by atoms with Crippen LogP contribution in [0.15, 0.2) is 66.7 Å². The van der Waals surface area contributed by atoms with Crippen LogP contribution in [-0.2, 0) is 15.0 Å². The Morgan fingerprint density at radius 3 is 2.12 bits per heavy atom. The number of hydrogen-bond donors (Lipinski definition) is 1. The quantitative estimate of drug-likeness (QED) is 0.544. The van der Waals surface area contributed by atoms with Gasteiger partial charge in [-0.25, -0.2) is 0 Å². The molecule has 3 aromatic carbocycles. The van der Waals surface area contributed by atoms with Gasteiger partial charge in [-0.15, -0.1) is 0 Å². The first kappa shape index (κ1) is 20.5. The van der Waals surface area contributed by atoms with Crippen molar-refractivity contribution >= 4 is 40.9 Å². The zero-order valence-electron chi connectivity index (χ0n) is 17.5. The van der Waals surface area contributed by atoms with E-state index in [1.54, 1.807) is 0 Å². The number of rotatable bonds is 2. The molecule has 0 unspecified atom stereocenters. The average molecular weight is 477 g/mol. The fourth-order valence-corrected chi connectivity index (χ4v) is 6.59. The molecule has 1 fully saturated rings. The minimum atomic E-state index is -0.684. The van der Waals surface area contributed by atoms with Gasteiger partial charge in [0.25, 0.3) is 17.7 Å². The summed E-state index contributed by atoms with van der Waals surface area (Å²) in [5.41, 5.74) is 6.22. The van der Waals surface area contributed by atoms with E-state index in [4.69, 9.17) is 23.2 Å². The van der Waals surface area contributed by atoms with Crippen LogP contribution in [0.5, 0.6) is 0 Å². The fraction of sp³-hybridized carbons (Fsp3) is 0.192. The molecule has 1 N–H and O–H groups in total. The van der Waals surface area contributed by atoms with E-state index in [1.165, 1.54) is 18.2 Å². The smallest absolute Gasteiger partial charge is 0.271 e. The minimum Gasteiger partial charge on any atom is -0.272 e. The largest absolute Gasteiger partial charge is 0.272 e. The van der Waals surface area contributed by atoms with Crippen molar-refractivity contribution < 1.29 is 14.4 Å². The average Bonchev–Trinajstić information content (AvgIpc) is 3.05. The summed E-state index contributed by atoms with van der Waals surface area (Å²) in [5, 5.41) is 1.42. The number of amides is 3. The fourth-order valence-electron chi connectivity index (χ4n) is 6.10.